The zero-order chi connectivity index (χ0) is 14.2. The molecular formula is C12H26ClNO3S. The van der Waals surface area contributed by atoms with Crippen LogP contribution in [0.25, 0.3) is 0 Å². The summed E-state index contributed by atoms with van der Waals surface area (Å²) < 4.78 is 31.3. The molecule has 0 aliphatic heterocycles. The van der Waals surface area contributed by atoms with E-state index >= 15 is 0 Å². The van der Waals surface area contributed by atoms with Gasteiger partial charge in [-0.3, -0.25) is 0 Å². The van der Waals surface area contributed by atoms with Crippen LogP contribution in [0.3, 0.4) is 0 Å². The Bertz CT molecular complexity index is 302. The second-order valence-corrected chi connectivity index (χ2v) is 6.92. The van der Waals surface area contributed by atoms with Gasteiger partial charge >= 0.3 is 0 Å². The second kappa shape index (κ2) is 9.13. The van der Waals surface area contributed by atoms with Gasteiger partial charge in [-0.25, -0.2) is 8.42 Å². The van der Waals surface area contributed by atoms with Crippen molar-refractivity contribution in [2.24, 2.45) is 0 Å². The third-order valence-corrected chi connectivity index (χ3v) is 4.85. The maximum atomic E-state index is 12.2. The van der Waals surface area contributed by atoms with Gasteiger partial charge in [0, 0.05) is 18.5 Å². The molecule has 0 unspecified atom stereocenters. The Hall–Kier alpha value is 0.160. The Kier molecular flexibility index (Phi) is 9.21. The Morgan fingerprint density at radius 1 is 1.22 bits per heavy atom. The first-order chi connectivity index (χ1) is 8.38. The second-order valence-electron chi connectivity index (χ2n) is 4.51. The lowest BCUT2D eigenvalue weighted by molar-refractivity contribution is 0.0904. The number of sulfonamides is 1. The summed E-state index contributed by atoms with van der Waals surface area (Å²) in [6.07, 6.45) is 1.66. The van der Waals surface area contributed by atoms with Gasteiger partial charge < -0.3 is 4.74 Å². The maximum Gasteiger partial charge on any atom is 0.216 e. The summed E-state index contributed by atoms with van der Waals surface area (Å²) in [5, 5.41) is 0. The summed E-state index contributed by atoms with van der Waals surface area (Å²) >= 11 is 5.71. The molecule has 0 aromatic carbocycles. The molecule has 0 saturated heterocycles. The summed E-state index contributed by atoms with van der Waals surface area (Å²) in [6, 6.07) is 0.0350. The van der Waals surface area contributed by atoms with E-state index in [1.165, 1.54) is 4.31 Å². The number of alkyl halides is 1. The minimum Gasteiger partial charge on any atom is -0.378 e. The number of hydrogen-bond acceptors (Lipinski definition) is 3. The number of ether oxygens (including phenoxy) is 1. The van der Waals surface area contributed by atoms with Crippen molar-refractivity contribution in [3.8, 4) is 0 Å². The molecule has 0 saturated carbocycles. The highest BCUT2D eigenvalue weighted by Crippen LogP contribution is 2.14. The summed E-state index contributed by atoms with van der Waals surface area (Å²) in [5.74, 6) is 0.347. The molecule has 0 aliphatic carbocycles. The van der Waals surface area contributed by atoms with E-state index in [0.717, 1.165) is 12.8 Å². The smallest absolute Gasteiger partial charge is 0.216 e. The van der Waals surface area contributed by atoms with Crippen LogP contribution in [0.4, 0.5) is 0 Å². The van der Waals surface area contributed by atoms with Crippen LogP contribution in [0.15, 0.2) is 0 Å². The summed E-state index contributed by atoms with van der Waals surface area (Å²) in [7, 11) is -3.28. The monoisotopic (exact) mass is 299 g/mol. The highest BCUT2D eigenvalue weighted by molar-refractivity contribution is 7.89. The first-order valence-electron chi connectivity index (χ1n) is 6.56. The lowest BCUT2D eigenvalue weighted by atomic mass is 10.2. The van der Waals surface area contributed by atoms with Crippen molar-refractivity contribution in [2.45, 2.75) is 52.7 Å². The van der Waals surface area contributed by atoms with Gasteiger partial charge in [-0.15, -0.1) is 11.6 Å². The number of nitrogens with zero attached hydrogens (tertiary/aromatic N) is 1. The fourth-order valence-corrected chi connectivity index (χ4v) is 3.78. The average molecular weight is 300 g/mol. The van der Waals surface area contributed by atoms with Crippen molar-refractivity contribution < 1.29 is 13.2 Å². The van der Waals surface area contributed by atoms with Crippen LogP contribution in [0.5, 0.6) is 0 Å². The molecule has 0 N–H and O–H groups in total. The third-order valence-electron chi connectivity index (χ3n) is 2.80. The molecule has 0 spiro atoms. The normalized spacial score (nSPS) is 12.9. The summed E-state index contributed by atoms with van der Waals surface area (Å²) in [5.41, 5.74) is 0. The molecular weight excluding hydrogens is 274 g/mol. The van der Waals surface area contributed by atoms with E-state index in [1.807, 2.05) is 27.7 Å². The quantitative estimate of drug-likeness (QED) is 0.582. The molecule has 0 atom stereocenters. The van der Waals surface area contributed by atoms with E-state index < -0.39 is 10.0 Å². The fraction of sp³-hybridized carbons (Fsp3) is 1.00. The molecule has 0 aromatic heterocycles. The van der Waals surface area contributed by atoms with Crippen molar-refractivity contribution in [3.63, 3.8) is 0 Å². The first-order valence-corrected chi connectivity index (χ1v) is 8.70. The molecule has 0 amide bonds. The first kappa shape index (κ1) is 18.2. The number of hydrogen-bond donors (Lipinski definition) is 0. The van der Waals surface area contributed by atoms with E-state index in [0.29, 0.717) is 12.4 Å². The van der Waals surface area contributed by atoms with E-state index in [4.69, 9.17) is 16.3 Å². The van der Waals surface area contributed by atoms with Crippen LogP contribution in [0.1, 0.15) is 40.5 Å². The topological polar surface area (TPSA) is 46.6 Å². The van der Waals surface area contributed by atoms with Gasteiger partial charge in [0.15, 0.2) is 0 Å². The molecule has 0 aromatic rings. The van der Waals surface area contributed by atoms with E-state index in [1.54, 1.807) is 0 Å². The maximum absolute atomic E-state index is 12.2. The lowest BCUT2D eigenvalue weighted by Gasteiger charge is -2.29. The van der Waals surface area contributed by atoms with E-state index in [-0.39, 0.29) is 24.5 Å². The van der Waals surface area contributed by atoms with Gasteiger partial charge in [0.1, 0.15) is 0 Å². The number of halogens is 1. The molecule has 4 nitrogen and oxygen atoms in total. The zero-order valence-corrected chi connectivity index (χ0v) is 13.4. The Morgan fingerprint density at radius 3 is 2.17 bits per heavy atom. The molecule has 0 bridgehead atoms. The lowest BCUT2D eigenvalue weighted by Crippen LogP contribution is -2.43. The highest BCUT2D eigenvalue weighted by atomic mass is 35.5. The molecule has 0 rings (SSSR count). The van der Waals surface area contributed by atoms with Gasteiger partial charge in [-0.2, -0.15) is 4.31 Å². The molecule has 110 valence electrons. The van der Waals surface area contributed by atoms with Crippen molar-refractivity contribution in [2.75, 3.05) is 24.8 Å². The van der Waals surface area contributed by atoms with Gasteiger partial charge in [-0.05, 0) is 26.7 Å². The molecule has 0 fully saturated rings. The van der Waals surface area contributed by atoms with E-state index in [9.17, 15) is 8.42 Å². The molecule has 18 heavy (non-hydrogen) atoms. The summed E-state index contributed by atoms with van der Waals surface area (Å²) in [6.45, 7) is 8.38. The fourth-order valence-electron chi connectivity index (χ4n) is 1.83. The summed E-state index contributed by atoms with van der Waals surface area (Å²) in [4.78, 5) is 0. The van der Waals surface area contributed by atoms with Gasteiger partial charge in [0.2, 0.25) is 10.0 Å². The highest BCUT2D eigenvalue weighted by Gasteiger charge is 2.27. The molecule has 0 aliphatic rings. The average Bonchev–Trinajstić information content (AvgIpc) is 2.28. The third kappa shape index (κ3) is 6.36. The minimum atomic E-state index is -3.28. The predicted molar refractivity (Wildman–Crippen MR) is 76.7 cm³/mol. The van der Waals surface area contributed by atoms with Crippen LogP contribution in [0.2, 0.25) is 0 Å². The largest absolute Gasteiger partial charge is 0.378 e. The molecule has 0 heterocycles. The van der Waals surface area contributed by atoms with Crippen molar-refractivity contribution >= 4 is 21.6 Å². The van der Waals surface area contributed by atoms with Crippen LogP contribution < -0.4 is 0 Å². The standard InChI is InChI=1S/C12H26ClNO3S/c1-5-12(6-2)14(8-7-13)18(15,16)10-9-17-11(3)4/h11-12H,5-10H2,1-4H3. The van der Waals surface area contributed by atoms with Crippen molar-refractivity contribution in [3.05, 3.63) is 0 Å². The minimum absolute atomic E-state index is 0.0264. The molecule has 6 heteroatoms. The van der Waals surface area contributed by atoms with Gasteiger partial charge in [0.25, 0.3) is 0 Å². The molecule has 0 radical (unpaired) electrons. The Labute approximate surface area is 117 Å². The Morgan fingerprint density at radius 2 is 1.78 bits per heavy atom. The predicted octanol–water partition coefficient (Wildman–Crippen LogP) is 2.47. The van der Waals surface area contributed by atoms with Crippen LogP contribution in [-0.4, -0.2) is 49.7 Å². The van der Waals surface area contributed by atoms with Crippen LogP contribution in [0, 0.1) is 0 Å². The SMILES string of the molecule is CCC(CC)N(CCCl)S(=O)(=O)CCOC(C)C. The van der Waals surface area contributed by atoms with Gasteiger partial charge in [-0.1, -0.05) is 13.8 Å². The number of rotatable bonds is 10. The van der Waals surface area contributed by atoms with Crippen molar-refractivity contribution in [1.29, 1.82) is 0 Å². The van der Waals surface area contributed by atoms with Crippen LogP contribution in [-0.2, 0) is 14.8 Å². The van der Waals surface area contributed by atoms with Crippen LogP contribution >= 0.6 is 11.6 Å². The Balaban J connectivity index is 4.65. The van der Waals surface area contributed by atoms with Crippen molar-refractivity contribution in [1.82, 2.24) is 4.31 Å². The zero-order valence-electron chi connectivity index (χ0n) is 11.9. The van der Waals surface area contributed by atoms with Gasteiger partial charge in [0.05, 0.1) is 18.5 Å². The van der Waals surface area contributed by atoms with E-state index in [2.05, 4.69) is 0 Å².